The van der Waals surface area contributed by atoms with Gasteiger partial charge in [-0.3, -0.25) is 10.0 Å². The van der Waals surface area contributed by atoms with Crippen molar-refractivity contribution in [3.05, 3.63) is 53.9 Å². The summed E-state index contributed by atoms with van der Waals surface area (Å²) in [5.74, 6) is 1.09. The van der Waals surface area contributed by atoms with E-state index in [9.17, 15) is 19.9 Å². The Kier molecular flexibility index (Phi) is 7.88. The highest BCUT2D eigenvalue weighted by molar-refractivity contribution is 5.84. The van der Waals surface area contributed by atoms with E-state index in [0.717, 1.165) is 11.1 Å². The van der Waals surface area contributed by atoms with Crippen molar-refractivity contribution in [2.75, 3.05) is 41.5 Å². The number of nitrogens with zero attached hydrogens (tertiary/aromatic N) is 3. The van der Waals surface area contributed by atoms with Crippen molar-refractivity contribution in [3.8, 4) is 34.1 Å². The van der Waals surface area contributed by atoms with Crippen LogP contribution in [-0.2, 0) is 21.6 Å². The Hall–Kier alpha value is -4.09. The van der Waals surface area contributed by atoms with Crippen LogP contribution in [0, 0.1) is 0 Å². The number of esters is 1. The molecule has 2 heterocycles. The number of benzene rings is 2. The second kappa shape index (κ2) is 11.1. The Morgan fingerprint density at radius 1 is 1.03 bits per heavy atom. The average Bonchev–Trinajstić information content (AvgIpc) is 3.42. The summed E-state index contributed by atoms with van der Waals surface area (Å²) in [5.41, 5.74) is 1.36. The van der Waals surface area contributed by atoms with Gasteiger partial charge in [-0.1, -0.05) is 24.3 Å². The van der Waals surface area contributed by atoms with Gasteiger partial charge in [0.25, 0.3) is 0 Å². The molecule has 38 heavy (non-hydrogen) atoms. The monoisotopic (exact) mass is 525 g/mol. The van der Waals surface area contributed by atoms with Crippen LogP contribution >= 0.6 is 0 Å². The lowest BCUT2D eigenvalue weighted by Gasteiger charge is -2.38. The first kappa shape index (κ1) is 27.0. The lowest BCUT2D eigenvalue weighted by Crippen LogP contribution is -2.51. The van der Waals surface area contributed by atoms with Gasteiger partial charge in [0.15, 0.2) is 17.3 Å². The highest BCUT2D eigenvalue weighted by atomic mass is 16.5. The Labute approximate surface area is 220 Å². The van der Waals surface area contributed by atoms with Crippen molar-refractivity contribution in [1.29, 1.82) is 0 Å². The van der Waals surface area contributed by atoms with Gasteiger partial charge < -0.3 is 28.6 Å². The minimum atomic E-state index is -1.24. The molecule has 202 valence electrons. The summed E-state index contributed by atoms with van der Waals surface area (Å²) >= 11 is 0. The number of amides is 2. The van der Waals surface area contributed by atoms with Crippen molar-refractivity contribution in [1.82, 2.24) is 14.9 Å². The van der Waals surface area contributed by atoms with Gasteiger partial charge in [0.05, 0.1) is 27.9 Å². The first-order chi connectivity index (χ1) is 18.3. The second-order valence-electron chi connectivity index (χ2n) is 8.99. The topological polar surface area (TPSA) is 135 Å². The van der Waals surface area contributed by atoms with E-state index in [1.807, 2.05) is 12.1 Å². The molecular formula is C27H31N3O8. The molecule has 0 atom stereocenters. The van der Waals surface area contributed by atoms with Crippen molar-refractivity contribution in [3.63, 3.8) is 0 Å². The first-order valence-corrected chi connectivity index (χ1v) is 12.0. The fraction of sp³-hybridized carbons (Fsp3) is 0.370. The summed E-state index contributed by atoms with van der Waals surface area (Å²) in [6.45, 7) is 0.275. The number of methoxy groups -OCH3 is 3. The van der Waals surface area contributed by atoms with E-state index < -0.39 is 17.4 Å². The number of ether oxygens (including phenoxy) is 3. The Bertz CT molecular complexity index is 1290. The number of aromatic nitrogens is 1. The maximum Gasteiger partial charge on any atom is 0.343 e. The van der Waals surface area contributed by atoms with E-state index in [4.69, 9.17) is 23.6 Å². The van der Waals surface area contributed by atoms with Crippen LogP contribution in [0.15, 0.2) is 46.9 Å². The quantitative estimate of drug-likeness (QED) is 0.270. The lowest BCUT2D eigenvalue weighted by molar-refractivity contribution is -0.150. The van der Waals surface area contributed by atoms with Crippen LogP contribution in [0.5, 0.6) is 11.5 Å². The number of aliphatic hydroxyl groups excluding tert-OH is 1. The molecule has 11 heteroatoms. The zero-order chi connectivity index (χ0) is 27.4. The number of hydroxylamine groups is 2. The van der Waals surface area contributed by atoms with Gasteiger partial charge >= 0.3 is 12.0 Å². The predicted octanol–water partition coefficient (Wildman–Crippen LogP) is 3.47. The third kappa shape index (κ3) is 4.90. The zero-order valence-corrected chi connectivity index (χ0v) is 21.8. The molecule has 1 aromatic heterocycles. The minimum absolute atomic E-state index is 0.101. The van der Waals surface area contributed by atoms with E-state index in [1.165, 1.54) is 26.2 Å². The molecule has 1 saturated heterocycles. The van der Waals surface area contributed by atoms with Crippen LogP contribution < -0.4 is 9.47 Å². The molecule has 0 spiro atoms. The minimum Gasteiger partial charge on any atom is -0.493 e. The first-order valence-electron chi connectivity index (χ1n) is 12.0. The van der Waals surface area contributed by atoms with Gasteiger partial charge in [0.1, 0.15) is 11.1 Å². The smallest absolute Gasteiger partial charge is 0.343 e. The molecule has 2 amide bonds. The molecule has 11 nitrogen and oxygen atoms in total. The number of aliphatic hydroxyl groups is 1. The third-order valence-electron chi connectivity index (χ3n) is 6.83. The van der Waals surface area contributed by atoms with Gasteiger partial charge in [0.2, 0.25) is 5.89 Å². The van der Waals surface area contributed by atoms with Crippen LogP contribution in [0.3, 0.4) is 0 Å². The van der Waals surface area contributed by atoms with Gasteiger partial charge in [-0.25, -0.2) is 14.8 Å². The van der Waals surface area contributed by atoms with Crippen LogP contribution in [0.2, 0.25) is 0 Å². The lowest BCUT2D eigenvalue weighted by atomic mass is 9.78. The van der Waals surface area contributed by atoms with Crippen molar-refractivity contribution in [2.45, 2.75) is 24.9 Å². The predicted molar refractivity (Wildman–Crippen MR) is 136 cm³/mol. The number of likely N-dealkylation sites (tertiary alicyclic amines) is 1. The number of hydrogen-bond donors (Lipinski definition) is 2. The summed E-state index contributed by atoms with van der Waals surface area (Å²) < 4.78 is 22.4. The van der Waals surface area contributed by atoms with Gasteiger partial charge in [0, 0.05) is 31.3 Å². The Morgan fingerprint density at radius 2 is 1.66 bits per heavy atom. The number of carbonyl (C=O) groups is 2. The maximum absolute atomic E-state index is 13.2. The van der Waals surface area contributed by atoms with E-state index in [1.54, 1.807) is 37.4 Å². The number of rotatable bonds is 7. The van der Waals surface area contributed by atoms with Crippen molar-refractivity contribution < 1.29 is 38.5 Å². The summed E-state index contributed by atoms with van der Waals surface area (Å²) in [5, 5.41) is 19.6. The fourth-order valence-corrected chi connectivity index (χ4v) is 4.65. The zero-order valence-electron chi connectivity index (χ0n) is 21.8. The number of piperidine rings is 1. The maximum atomic E-state index is 13.2. The van der Waals surface area contributed by atoms with E-state index in [-0.39, 0.29) is 38.4 Å². The molecule has 2 aromatic carbocycles. The van der Waals surface area contributed by atoms with Gasteiger partial charge in [-0.15, -0.1) is 0 Å². The average molecular weight is 526 g/mol. The Balaban J connectivity index is 1.84. The SMILES string of the molecule is COC(=O)C1(c2nc(-c3ccc(CO)cc3)c(-c3ccc(OC)c(OC)c3)o2)CCN(C(=O)N(C)O)CC1. The molecule has 1 aliphatic heterocycles. The molecule has 0 saturated carbocycles. The Morgan fingerprint density at radius 3 is 2.21 bits per heavy atom. The fourth-order valence-electron chi connectivity index (χ4n) is 4.65. The second-order valence-corrected chi connectivity index (χ2v) is 8.99. The molecule has 0 radical (unpaired) electrons. The molecule has 4 rings (SSSR count). The molecule has 0 unspecified atom stereocenters. The summed E-state index contributed by atoms with van der Waals surface area (Å²) in [7, 11) is 5.63. The van der Waals surface area contributed by atoms with E-state index in [0.29, 0.717) is 33.6 Å². The van der Waals surface area contributed by atoms with Crippen molar-refractivity contribution >= 4 is 12.0 Å². The highest BCUT2D eigenvalue weighted by Crippen LogP contribution is 2.43. The molecule has 1 aliphatic rings. The highest BCUT2D eigenvalue weighted by Gasteiger charge is 2.49. The molecule has 0 bridgehead atoms. The van der Waals surface area contributed by atoms with Crippen LogP contribution in [0.4, 0.5) is 4.79 Å². The normalized spacial score (nSPS) is 14.6. The third-order valence-corrected chi connectivity index (χ3v) is 6.83. The van der Waals surface area contributed by atoms with E-state index in [2.05, 4.69) is 0 Å². The molecular weight excluding hydrogens is 494 g/mol. The summed E-state index contributed by atoms with van der Waals surface area (Å²) in [6.07, 6.45) is 0.377. The number of hydrogen-bond acceptors (Lipinski definition) is 9. The van der Waals surface area contributed by atoms with Crippen LogP contribution in [0.1, 0.15) is 24.3 Å². The molecule has 0 aliphatic carbocycles. The van der Waals surface area contributed by atoms with Gasteiger partial charge in [-0.2, -0.15) is 0 Å². The standard InChI is InChI=1S/C27H31N3O8/c1-29(34)26(33)30-13-11-27(12-14-30,25(32)37-4)24-28-22(18-7-5-17(16-31)6-8-18)23(38-24)19-9-10-20(35-2)21(15-19)36-3/h5-10,15,31,34H,11-14,16H2,1-4H3. The number of carbonyl (C=O) groups excluding carboxylic acids is 2. The number of oxazole rings is 1. The summed E-state index contributed by atoms with van der Waals surface area (Å²) in [4.78, 5) is 31.8. The van der Waals surface area contributed by atoms with Crippen LogP contribution in [0.25, 0.3) is 22.6 Å². The van der Waals surface area contributed by atoms with Gasteiger partial charge in [-0.05, 0) is 36.6 Å². The summed E-state index contributed by atoms with van der Waals surface area (Å²) in [6, 6.07) is 12.0. The molecule has 2 N–H and O–H groups in total. The number of urea groups is 1. The molecule has 1 fully saturated rings. The molecule has 3 aromatic rings. The largest absolute Gasteiger partial charge is 0.493 e. The van der Waals surface area contributed by atoms with Crippen molar-refractivity contribution in [2.24, 2.45) is 0 Å². The van der Waals surface area contributed by atoms with E-state index >= 15 is 0 Å². The van der Waals surface area contributed by atoms with Crippen LogP contribution in [-0.4, -0.2) is 78.7 Å².